The van der Waals surface area contributed by atoms with Crippen molar-refractivity contribution in [2.24, 2.45) is 5.41 Å². The molecule has 0 bridgehead atoms. The Morgan fingerprint density at radius 3 is 2.86 bits per heavy atom. The van der Waals surface area contributed by atoms with E-state index in [2.05, 4.69) is 6.58 Å². The molecular weight excluding hydrogens is 184 g/mol. The first-order valence-electron chi connectivity index (χ1n) is 4.46. The molecule has 1 atom stereocenters. The van der Waals surface area contributed by atoms with Gasteiger partial charge in [-0.25, -0.2) is 4.79 Å². The number of carbonyl (C=O) groups is 2. The summed E-state index contributed by atoms with van der Waals surface area (Å²) in [5.74, 6) is -0.733. The first kappa shape index (κ1) is 10.8. The summed E-state index contributed by atoms with van der Waals surface area (Å²) in [5.41, 5.74) is -0.467. The molecule has 0 aromatic carbocycles. The Morgan fingerprint density at radius 2 is 2.43 bits per heavy atom. The molecule has 1 fully saturated rings. The molecule has 0 aromatic heterocycles. The van der Waals surface area contributed by atoms with Gasteiger partial charge in [-0.1, -0.05) is 6.58 Å². The van der Waals surface area contributed by atoms with Crippen molar-refractivity contribution >= 4 is 11.9 Å². The van der Waals surface area contributed by atoms with Crippen LogP contribution in [-0.2, 0) is 19.1 Å². The van der Waals surface area contributed by atoms with Crippen molar-refractivity contribution in [3.05, 3.63) is 12.7 Å². The van der Waals surface area contributed by atoms with E-state index in [1.807, 2.05) is 13.8 Å². The molecule has 78 valence electrons. The second-order valence-corrected chi connectivity index (χ2v) is 3.95. The average Bonchev–Trinajstić information content (AvgIpc) is 2.37. The molecule has 0 saturated carbocycles. The van der Waals surface area contributed by atoms with Gasteiger partial charge in [-0.05, 0) is 13.8 Å². The zero-order valence-corrected chi connectivity index (χ0v) is 8.41. The van der Waals surface area contributed by atoms with E-state index >= 15 is 0 Å². The van der Waals surface area contributed by atoms with Gasteiger partial charge in [0.2, 0.25) is 0 Å². The van der Waals surface area contributed by atoms with Crippen LogP contribution in [-0.4, -0.2) is 24.6 Å². The maximum Gasteiger partial charge on any atom is 0.330 e. The van der Waals surface area contributed by atoms with E-state index in [9.17, 15) is 9.59 Å². The number of carbonyl (C=O) groups excluding carboxylic acids is 2. The van der Waals surface area contributed by atoms with E-state index in [1.165, 1.54) is 0 Å². The molecule has 0 N–H and O–H groups in total. The summed E-state index contributed by atoms with van der Waals surface area (Å²) in [6, 6.07) is 0. The highest BCUT2D eigenvalue weighted by Gasteiger charge is 2.41. The monoisotopic (exact) mass is 198 g/mol. The Labute approximate surface area is 82.9 Å². The Balaban J connectivity index is 2.40. The molecular formula is C10H14O4. The number of esters is 2. The number of hydrogen-bond donors (Lipinski definition) is 0. The predicted octanol–water partition coefficient (Wildman–Crippen LogP) is 1.06. The van der Waals surface area contributed by atoms with Gasteiger partial charge in [0.05, 0.1) is 5.41 Å². The van der Waals surface area contributed by atoms with Crippen LogP contribution >= 0.6 is 0 Å². The minimum Gasteiger partial charge on any atom is -0.459 e. The van der Waals surface area contributed by atoms with Gasteiger partial charge in [0, 0.05) is 12.5 Å². The maximum atomic E-state index is 11.2. The highest BCUT2D eigenvalue weighted by Crippen LogP contribution is 2.32. The van der Waals surface area contributed by atoms with E-state index in [0.717, 1.165) is 6.08 Å². The molecule has 0 spiro atoms. The largest absolute Gasteiger partial charge is 0.459 e. The average molecular weight is 198 g/mol. The lowest BCUT2D eigenvalue weighted by atomic mass is 9.90. The molecule has 1 unspecified atom stereocenters. The maximum absolute atomic E-state index is 11.2. The lowest BCUT2D eigenvalue weighted by Crippen LogP contribution is -2.17. The third kappa shape index (κ3) is 2.34. The molecule has 14 heavy (non-hydrogen) atoms. The standard InChI is InChI=1S/C10H14O4/c1-4-8(11)13-6-7-5-10(2,3)9(12)14-7/h4,7H,1,5-6H2,2-3H3. The van der Waals surface area contributed by atoms with Crippen molar-refractivity contribution in [1.82, 2.24) is 0 Å². The highest BCUT2D eigenvalue weighted by atomic mass is 16.6. The van der Waals surface area contributed by atoms with Gasteiger partial charge in [0.25, 0.3) is 0 Å². The summed E-state index contributed by atoms with van der Waals surface area (Å²) in [5, 5.41) is 0. The number of cyclic esters (lactones) is 1. The summed E-state index contributed by atoms with van der Waals surface area (Å²) in [7, 11) is 0. The fourth-order valence-electron chi connectivity index (χ4n) is 1.33. The molecule has 1 saturated heterocycles. The summed E-state index contributed by atoms with van der Waals surface area (Å²) in [6.07, 6.45) is 1.35. The fourth-order valence-corrected chi connectivity index (χ4v) is 1.33. The first-order valence-corrected chi connectivity index (χ1v) is 4.46. The van der Waals surface area contributed by atoms with Gasteiger partial charge in [-0.15, -0.1) is 0 Å². The lowest BCUT2D eigenvalue weighted by Gasteiger charge is -2.10. The predicted molar refractivity (Wildman–Crippen MR) is 49.4 cm³/mol. The van der Waals surface area contributed by atoms with Crippen LogP contribution in [0, 0.1) is 5.41 Å². The molecule has 1 heterocycles. The quantitative estimate of drug-likeness (QED) is 0.502. The van der Waals surface area contributed by atoms with Crippen LogP contribution in [0.5, 0.6) is 0 Å². The summed E-state index contributed by atoms with van der Waals surface area (Å²) in [4.78, 5) is 22.0. The second-order valence-electron chi connectivity index (χ2n) is 3.95. The van der Waals surface area contributed by atoms with Crippen LogP contribution in [0.3, 0.4) is 0 Å². The third-order valence-electron chi connectivity index (χ3n) is 2.14. The molecule has 0 radical (unpaired) electrons. The van der Waals surface area contributed by atoms with Crippen molar-refractivity contribution in [3.8, 4) is 0 Å². The Morgan fingerprint density at radius 1 is 1.79 bits per heavy atom. The Bertz CT molecular complexity index is 267. The van der Waals surface area contributed by atoms with Gasteiger partial charge in [0.1, 0.15) is 12.7 Å². The van der Waals surface area contributed by atoms with E-state index in [1.54, 1.807) is 0 Å². The normalized spacial score (nSPS) is 24.1. The zero-order valence-electron chi connectivity index (χ0n) is 8.41. The topological polar surface area (TPSA) is 52.6 Å². The van der Waals surface area contributed by atoms with E-state index in [-0.39, 0.29) is 18.7 Å². The molecule has 0 aromatic rings. The lowest BCUT2D eigenvalue weighted by molar-refractivity contribution is -0.152. The van der Waals surface area contributed by atoms with E-state index in [0.29, 0.717) is 6.42 Å². The van der Waals surface area contributed by atoms with Gasteiger partial charge >= 0.3 is 11.9 Å². The van der Waals surface area contributed by atoms with Gasteiger partial charge in [-0.3, -0.25) is 4.79 Å². The van der Waals surface area contributed by atoms with Crippen molar-refractivity contribution < 1.29 is 19.1 Å². The van der Waals surface area contributed by atoms with Crippen molar-refractivity contribution in [2.45, 2.75) is 26.4 Å². The number of hydrogen-bond acceptors (Lipinski definition) is 4. The molecule has 4 heteroatoms. The van der Waals surface area contributed by atoms with Crippen LogP contribution in [0.4, 0.5) is 0 Å². The SMILES string of the molecule is C=CC(=O)OCC1CC(C)(C)C(=O)O1. The molecule has 1 aliphatic heterocycles. The smallest absolute Gasteiger partial charge is 0.330 e. The molecule has 1 aliphatic rings. The molecule has 4 nitrogen and oxygen atoms in total. The molecule has 0 aliphatic carbocycles. The van der Waals surface area contributed by atoms with Crippen LogP contribution in [0.25, 0.3) is 0 Å². The number of rotatable bonds is 3. The van der Waals surface area contributed by atoms with Gasteiger partial charge in [0.15, 0.2) is 0 Å². The number of ether oxygens (including phenoxy) is 2. The summed E-state index contributed by atoms with van der Waals surface area (Å²) in [6.45, 7) is 7.00. The van der Waals surface area contributed by atoms with Gasteiger partial charge in [-0.2, -0.15) is 0 Å². The Kier molecular flexibility index (Phi) is 2.93. The zero-order chi connectivity index (χ0) is 10.8. The Hall–Kier alpha value is -1.32. The van der Waals surface area contributed by atoms with Crippen LogP contribution in [0.2, 0.25) is 0 Å². The van der Waals surface area contributed by atoms with Crippen molar-refractivity contribution in [2.75, 3.05) is 6.61 Å². The molecule has 1 rings (SSSR count). The van der Waals surface area contributed by atoms with E-state index in [4.69, 9.17) is 9.47 Å². The summed E-state index contributed by atoms with van der Waals surface area (Å²) >= 11 is 0. The third-order valence-corrected chi connectivity index (χ3v) is 2.14. The minimum absolute atomic E-state index is 0.111. The summed E-state index contributed by atoms with van der Waals surface area (Å²) < 4.78 is 9.80. The van der Waals surface area contributed by atoms with Crippen LogP contribution < -0.4 is 0 Å². The van der Waals surface area contributed by atoms with Gasteiger partial charge < -0.3 is 9.47 Å². The fraction of sp³-hybridized carbons (Fsp3) is 0.600. The van der Waals surface area contributed by atoms with Crippen molar-refractivity contribution in [1.29, 1.82) is 0 Å². The van der Waals surface area contributed by atoms with E-state index < -0.39 is 11.4 Å². The molecule has 0 amide bonds. The minimum atomic E-state index is -0.495. The van der Waals surface area contributed by atoms with Crippen LogP contribution in [0.15, 0.2) is 12.7 Å². The van der Waals surface area contributed by atoms with Crippen LogP contribution in [0.1, 0.15) is 20.3 Å². The second kappa shape index (κ2) is 3.82. The first-order chi connectivity index (χ1) is 6.45. The highest BCUT2D eigenvalue weighted by molar-refractivity contribution is 5.81. The van der Waals surface area contributed by atoms with Crippen molar-refractivity contribution in [3.63, 3.8) is 0 Å².